The second-order valence-electron chi connectivity index (χ2n) is 7.17. The SMILES string of the molecule is Cc1c(Cl)sc2ncnc(Nc3ccc(F)cc3O[C@@H]3CCCN(S(C)(=O)=O)C3)c12. The quantitative estimate of drug-likeness (QED) is 0.597. The Morgan fingerprint density at radius 3 is 2.93 bits per heavy atom. The van der Waals surface area contributed by atoms with Crippen molar-refractivity contribution >= 4 is 54.7 Å². The molecule has 1 N–H and O–H groups in total. The highest BCUT2D eigenvalue weighted by atomic mass is 35.5. The molecule has 4 rings (SSSR count). The first-order valence-corrected chi connectivity index (χ1v) is 12.3. The normalized spacial score (nSPS) is 17.9. The molecule has 1 aromatic carbocycles. The molecule has 30 heavy (non-hydrogen) atoms. The van der Waals surface area contributed by atoms with Gasteiger partial charge in [0.25, 0.3) is 0 Å². The molecule has 3 heterocycles. The zero-order chi connectivity index (χ0) is 21.5. The van der Waals surface area contributed by atoms with Crippen LogP contribution in [-0.4, -0.2) is 48.1 Å². The number of nitrogens with zero attached hydrogens (tertiary/aromatic N) is 3. The Bertz CT molecular complexity index is 1200. The molecule has 0 bridgehead atoms. The molecule has 2 aromatic heterocycles. The number of hydrogen-bond acceptors (Lipinski definition) is 7. The fourth-order valence-corrected chi connectivity index (χ4v) is 5.53. The summed E-state index contributed by atoms with van der Waals surface area (Å²) in [4.78, 5) is 9.32. The fourth-order valence-electron chi connectivity index (χ4n) is 3.45. The van der Waals surface area contributed by atoms with Gasteiger partial charge in [-0.15, -0.1) is 11.3 Å². The van der Waals surface area contributed by atoms with Crippen molar-refractivity contribution in [2.24, 2.45) is 0 Å². The average molecular weight is 471 g/mol. The van der Waals surface area contributed by atoms with Crippen LogP contribution in [0.3, 0.4) is 0 Å². The molecule has 7 nitrogen and oxygen atoms in total. The largest absolute Gasteiger partial charge is 0.487 e. The number of benzene rings is 1. The smallest absolute Gasteiger partial charge is 0.211 e. The average Bonchev–Trinajstić information content (AvgIpc) is 2.98. The van der Waals surface area contributed by atoms with Crippen molar-refractivity contribution in [3.05, 3.63) is 40.2 Å². The van der Waals surface area contributed by atoms with E-state index in [1.165, 1.54) is 40.4 Å². The number of ether oxygens (including phenoxy) is 1. The van der Waals surface area contributed by atoms with E-state index in [9.17, 15) is 12.8 Å². The van der Waals surface area contributed by atoms with E-state index >= 15 is 0 Å². The van der Waals surface area contributed by atoms with Crippen molar-refractivity contribution < 1.29 is 17.5 Å². The number of piperidine rings is 1. The van der Waals surface area contributed by atoms with Gasteiger partial charge >= 0.3 is 0 Å². The van der Waals surface area contributed by atoms with Crippen molar-refractivity contribution in [3.63, 3.8) is 0 Å². The third kappa shape index (κ3) is 4.36. The number of thiophene rings is 1. The lowest BCUT2D eigenvalue weighted by molar-refractivity contribution is 0.130. The van der Waals surface area contributed by atoms with E-state index in [1.54, 1.807) is 6.07 Å². The number of hydrogen-bond donors (Lipinski definition) is 1. The Kier molecular flexibility index (Phi) is 5.84. The van der Waals surface area contributed by atoms with Gasteiger partial charge in [-0.2, -0.15) is 4.31 Å². The summed E-state index contributed by atoms with van der Waals surface area (Å²) in [5.74, 6) is 0.383. The lowest BCUT2D eigenvalue weighted by atomic mass is 10.1. The third-order valence-corrected chi connectivity index (χ3v) is 7.74. The Morgan fingerprint density at radius 1 is 1.37 bits per heavy atom. The highest BCUT2D eigenvalue weighted by Gasteiger charge is 2.28. The molecular weight excluding hydrogens is 451 g/mol. The molecule has 1 aliphatic rings. The number of aryl methyl sites for hydroxylation is 1. The minimum Gasteiger partial charge on any atom is -0.487 e. The number of nitrogens with one attached hydrogen (secondary N) is 1. The first-order chi connectivity index (χ1) is 14.2. The number of aromatic nitrogens is 2. The Labute approximate surface area is 182 Å². The Balaban J connectivity index is 1.64. The van der Waals surface area contributed by atoms with Gasteiger partial charge in [0.05, 0.1) is 28.2 Å². The molecule has 0 aliphatic carbocycles. The van der Waals surface area contributed by atoms with Crippen LogP contribution in [0.5, 0.6) is 5.75 Å². The topological polar surface area (TPSA) is 84.4 Å². The monoisotopic (exact) mass is 470 g/mol. The van der Waals surface area contributed by atoms with Crippen molar-refractivity contribution in [3.8, 4) is 5.75 Å². The van der Waals surface area contributed by atoms with Crippen LogP contribution >= 0.6 is 22.9 Å². The molecule has 3 aromatic rings. The van der Waals surface area contributed by atoms with Gasteiger partial charge in [-0.25, -0.2) is 22.8 Å². The summed E-state index contributed by atoms with van der Waals surface area (Å²) in [6.07, 6.45) is 3.60. The van der Waals surface area contributed by atoms with Crippen LogP contribution < -0.4 is 10.1 Å². The highest BCUT2D eigenvalue weighted by molar-refractivity contribution is 7.88. The van der Waals surface area contributed by atoms with E-state index < -0.39 is 15.8 Å². The van der Waals surface area contributed by atoms with Gasteiger partial charge in [-0.3, -0.25) is 0 Å². The first-order valence-electron chi connectivity index (χ1n) is 9.30. The molecule has 0 spiro atoms. The predicted octanol–water partition coefficient (Wildman–Crippen LogP) is 4.34. The standard InChI is InChI=1S/C19H20ClFN4O3S2/c1-11-16-18(22-10-23-19(16)29-17(11)20)24-14-6-5-12(21)8-15(14)28-13-4-3-7-25(9-13)30(2,26)27/h5-6,8,10,13H,3-4,7,9H2,1-2H3,(H,22,23,24)/t13-/m1/s1. The molecule has 0 unspecified atom stereocenters. The predicted molar refractivity (Wildman–Crippen MR) is 117 cm³/mol. The van der Waals surface area contributed by atoms with Gasteiger partial charge < -0.3 is 10.1 Å². The molecule has 160 valence electrons. The molecule has 0 radical (unpaired) electrons. The Morgan fingerprint density at radius 2 is 2.17 bits per heavy atom. The van der Waals surface area contributed by atoms with E-state index in [0.29, 0.717) is 41.0 Å². The first kappa shape index (κ1) is 21.2. The van der Waals surface area contributed by atoms with Gasteiger partial charge in [0, 0.05) is 12.6 Å². The maximum Gasteiger partial charge on any atom is 0.211 e. The van der Waals surface area contributed by atoms with Crippen LogP contribution in [0, 0.1) is 12.7 Å². The summed E-state index contributed by atoms with van der Waals surface area (Å²) in [5.41, 5.74) is 1.38. The van der Waals surface area contributed by atoms with Crippen molar-refractivity contribution in [1.29, 1.82) is 0 Å². The zero-order valence-electron chi connectivity index (χ0n) is 16.4. The van der Waals surface area contributed by atoms with Gasteiger partial charge in [0.1, 0.15) is 34.6 Å². The van der Waals surface area contributed by atoms with Crippen molar-refractivity contribution in [2.75, 3.05) is 24.7 Å². The number of rotatable bonds is 5. The van der Waals surface area contributed by atoms with E-state index in [-0.39, 0.29) is 12.6 Å². The molecule has 1 aliphatic heterocycles. The third-order valence-electron chi connectivity index (χ3n) is 4.97. The molecule has 1 saturated heterocycles. The minimum atomic E-state index is -3.31. The van der Waals surface area contributed by atoms with Crippen LogP contribution in [0.2, 0.25) is 4.34 Å². The molecular formula is C19H20ClFN4O3S2. The number of anilines is 2. The minimum absolute atomic E-state index is 0.228. The van der Waals surface area contributed by atoms with Gasteiger partial charge in [0.15, 0.2) is 0 Å². The van der Waals surface area contributed by atoms with E-state index in [2.05, 4.69) is 15.3 Å². The lowest BCUT2D eigenvalue weighted by Crippen LogP contribution is -2.43. The maximum atomic E-state index is 14.0. The molecule has 1 atom stereocenters. The highest BCUT2D eigenvalue weighted by Crippen LogP contribution is 2.38. The van der Waals surface area contributed by atoms with E-state index in [4.69, 9.17) is 16.3 Å². The summed E-state index contributed by atoms with van der Waals surface area (Å²) in [7, 11) is -3.31. The van der Waals surface area contributed by atoms with E-state index in [1.807, 2.05) is 6.92 Å². The molecule has 0 amide bonds. The van der Waals surface area contributed by atoms with Crippen LogP contribution in [0.25, 0.3) is 10.2 Å². The summed E-state index contributed by atoms with van der Waals surface area (Å²) < 4.78 is 45.8. The van der Waals surface area contributed by atoms with Gasteiger partial charge in [-0.05, 0) is 37.5 Å². The maximum absolute atomic E-state index is 14.0. The summed E-state index contributed by atoms with van der Waals surface area (Å²) in [6.45, 7) is 2.58. The van der Waals surface area contributed by atoms with Crippen molar-refractivity contribution in [1.82, 2.24) is 14.3 Å². The fraction of sp³-hybridized carbons (Fsp3) is 0.368. The summed E-state index contributed by atoms with van der Waals surface area (Å²) in [6, 6.07) is 4.18. The van der Waals surface area contributed by atoms with Crippen LogP contribution in [0.15, 0.2) is 24.5 Å². The summed E-state index contributed by atoms with van der Waals surface area (Å²) >= 11 is 7.62. The second-order valence-corrected chi connectivity index (χ2v) is 10.8. The van der Waals surface area contributed by atoms with Crippen LogP contribution in [0.1, 0.15) is 18.4 Å². The van der Waals surface area contributed by atoms with Gasteiger partial charge in [0.2, 0.25) is 10.0 Å². The van der Waals surface area contributed by atoms with E-state index in [0.717, 1.165) is 15.8 Å². The van der Waals surface area contributed by atoms with Crippen molar-refractivity contribution in [2.45, 2.75) is 25.9 Å². The molecule has 0 saturated carbocycles. The lowest BCUT2D eigenvalue weighted by Gasteiger charge is -2.31. The molecule has 1 fully saturated rings. The number of sulfonamides is 1. The number of halogens is 2. The van der Waals surface area contributed by atoms with Crippen LogP contribution in [-0.2, 0) is 10.0 Å². The van der Waals surface area contributed by atoms with Crippen LogP contribution in [0.4, 0.5) is 15.9 Å². The summed E-state index contributed by atoms with van der Waals surface area (Å²) in [5, 5.41) is 4.00. The zero-order valence-corrected chi connectivity index (χ0v) is 18.7. The molecule has 11 heteroatoms. The Hall–Kier alpha value is -2.01. The van der Waals surface area contributed by atoms with Gasteiger partial charge in [-0.1, -0.05) is 11.6 Å². The number of fused-ring (bicyclic) bond motifs is 1. The second kappa shape index (κ2) is 8.26.